The summed E-state index contributed by atoms with van der Waals surface area (Å²) in [5.74, 6) is 0.00140. The highest BCUT2D eigenvalue weighted by Gasteiger charge is 2.23. The van der Waals surface area contributed by atoms with E-state index in [0.29, 0.717) is 22.7 Å². The van der Waals surface area contributed by atoms with Gasteiger partial charge in [-0.25, -0.2) is 0 Å². The zero-order chi connectivity index (χ0) is 16.2. The second-order valence-corrected chi connectivity index (χ2v) is 6.63. The summed E-state index contributed by atoms with van der Waals surface area (Å²) in [6.07, 6.45) is 0.381. The third-order valence-electron chi connectivity index (χ3n) is 3.61. The van der Waals surface area contributed by atoms with E-state index in [1.165, 1.54) is 0 Å². The minimum atomic E-state index is -0.133. The SMILES string of the molecule is CC(CC(=O)Nc1cc(Cl)ccc1C(N)=NO)C(C)(C)C. The van der Waals surface area contributed by atoms with E-state index in [-0.39, 0.29) is 23.1 Å². The predicted octanol–water partition coefficient (Wildman–Crippen LogP) is 3.45. The van der Waals surface area contributed by atoms with E-state index in [2.05, 4.69) is 31.2 Å². The molecule has 1 atom stereocenters. The van der Waals surface area contributed by atoms with Gasteiger partial charge in [-0.1, -0.05) is 44.5 Å². The van der Waals surface area contributed by atoms with Gasteiger partial charge < -0.3 is 16.3 Å². The van der Waals surface area contributed by atoms with Gasteiger partial charge in [0, 0.05) is 17.0 Å². The lowest BCUT2D eigenvalue weighted by atomic mass is 9.80. The number of amidine groups is 1. The lowest BCUT2D eigenvalue weighted by molar-refractivity contribution is -0.117. The number of nitrogens with two attached hydrogens (primary N) is 1. The van der Waals surface area contributed by atoms with E-state index >= 15 is 0 Å². The summed E-state index contributed by atoms with van der Waals surface area (Å²) < 4.78 is 0. The zero-order valence-electron chi connectivity index (χ0n) is 12.8. The fourth-order valence-electron chi connectivity index (χ4n) is 1.68. The molecule has 0 spiro atoms. The molecule has 0 aliphatic rings. The molecular formula is C15H22ClN3O2. The summed E-state index contributed by atoms with van der Waals surface area (Å²) >= 11 is 5.93. The average Bonchev–Trinajstić information content (AvgIpc) is 2.36. The van der Waals surface area contributed by atoms with E-state index in [1.807, 2.05) is 6.92 Å². The first-order chi connectivity index (χ1) is 9.65. The summed E-state index contributed by atoms with van der Waals surface area (Å²) in [4.78, 5) is 12.1. The maximum Gasteiger partial charge on any atom is 0.224 e. The Hall–Kier alpha value is -1.75. The molecule has 1 amide bonds. The Morgan fingerprint density at radius 1 is 1.48 bits per heavy atom. The number of hydrogen-bond acceptors (Lipinski definition) is 3. The highest BCUT2D eigenvalue weighted by atomic mass is 35.5. The quantitative estimate of drug-likeness (QED) is 0.344. The summed E-state index contributed by atoms with van der Waals surface area (Å²) in [5.41, 5.74) is 6.50. The van der Waals surface area contributed by atoms with E-state index in [0.717, 1.165) is 0 Å². The molecule has 0 aliphatic carbocycles. The Balaban J connectivity index is 2.92. The molecule has 0 fully saturated rings. The van der Waals surface area contributed by atoms with Crippen molar-refractivity contribution >= 4 is 29.0 Å². The van der Waals surface area contributed by atoms with Gasteiger partial charge in [0.2, 0.25) is 5.91 Å². The Morgan fingerprint density at radius 3 is 2.62 bits per heavy atom. The van der Waals surface area contributed by atoms with Crippen molar-refractivity contribution in [1.82, 2.24) is 0 Å². The van der Waals surface area contributed by atoms with E-state index < -0.39 is 0 Å². The van der Waals surface area contributed by atoms with Crippen molar-refractivity contribution in [2.45, 2.75) is 34.1 Å². The highest BCUT2D eigenvalue weighted by Crippen LogP contribution is 2.29. The van der Waals surface area contributed by atoms with Crippen LogP contribution in [0, 0.1) is 11.3 Å². The Morgan fingerprint density at radius 2 is 2.10 bits per heavy atom. The van der Waals surface area contributed by atoms with Gasteiger partial charge in [0.15, 0.2) is 5.84 Å². The van der Waals surface area contributed by atoms with Crippen LogP contribution in [0.2, 0.25) is 5.02 Å². The number of amides is 1. The standard InChI is InChI=1S/C15H22ClN3O2/c1-9(15(2,3)4)7-13(20)18-12-8-10(16)5-6-11(12)14(17)19-21/h5-6,8-9,21H,7H2,1-4H3,(H2,17,19)(H,18,20). The molecule has 4 N–H and O–H groups in total. The third kappa shape index (κ3) is 4.93. The number of rotatable bonds is 4. The molecule has 0 saturated heterocycles. The average molecular weight is 312 g/mol. The van der Waals surface area contributed by atoms with Crippen LogP contribution in [0.15, 0.2) is 23.4 Å². The summed E-state index contributed by atoms with van der Waals surface area (Å²) in [6, 6.07) is 4.79. The number of hydrogen-bond donors (Lipinski definition) is 3. The molecule has 1 aromatic rings. The van der Waals surface area contributed by atoms with Crippen LogP contribution in [0.3, 0.4) is 0 Å². The molecule has 0 saturated carbocycles. The summed E-state index contributed by atoms with van der Waals surface area (Å²) in [5, 5.41) is 15.0. The molecule has 5 nitrogen and oxygen atoms in total. The van der Waals surface area contributed by atoms with E-state index in [4.69, 9.17) is 22.5 Å². The number of nitrogens with zero attached hydrogens (tertiary/aromatic N) is 1. The minimum Gasteiger partial charge on any atom is -0.409 e. The summed E-state index contributed by atoms with van der Waals surface area (Å²) in [7, 11) is 0. The number of benzene rings is 1. The molecule has 116 valence electrons. The van der Waals surface area contributed by atoms with Crippen LogP contribution >= 0.6 is 11.6 Å². The zero-order valence-corrected chi connectivity index (χ0v) is 13.5. The van der Waals surface area contributed by atoms with Crippen molar-refractivity contribution in [1.29, 1.82) is 0 Å². The van der Waals surface area contributed by atoms with E-state index in [9.17, 15) is 4.79 Å². The molecule has 6 heteroatoms. The third-order valence-corrected chi connectivity index (χ3v) is 3.84. The predicted molar refractivity (Wildman–Crippen MR) is 85.8 cm³/mol. The van der Waals surface area contributed by atoms with Gasteiger partial charge in [0.05, 0.1) is 5.69 Å². The molecule has 0 heterocycles. The molecule has 0 bridgehead atoms. The van der Waals surface area contributed by atoms with Gasteiger partial charge in [-0.2, -0.15) is 0 Å². The van der Waals surface area contributed by atoms with Crippen molar-refractivity contribution in [2.24, 2.45) is 22.2 Å². The Labute approximate surface area is 130 Å². The highest BCUT2D eigenvalue weighted by molar-refractivity contribution is 6.31. The largest absolute Gasteiger partial charge is 0.409 e. The molecule has 0 radical (unpaired) electrons. The second-order valence-electron chi connectivity index (χ2n) is 6.19. The number of halogens is 1. The van der Waals surface area contributed by atoms with Crippen LogP contribution in [-0.2, 0) is 4.79 Å². The van der Waals surface area contributed by atoms with Crippen molar-refractivity contribution in [2.75, 3.05) is 5.32 Å². The van der Waals surface area contributed by atoms with Crippen LogP contribution in [0.4, 0.5) is 5.69 Å². The maximum atomic E-state index is 12.1. The topological polar surface area (TPSA) is 87.7 Å². The number of nitrogens with one attached hydrogen (secondary N) is 1. The summed E-state index contributed by atoms with van der Waals surface area (Å²) in [6.45, 7) is 8.30. The first-order valence-electron chi connectivity index (χ1n) is 6.72. The lowest BCUT2D eigenvalue weighted by Crippen LogP contribution is -2.25. The number of carbonyl (C=O) groups is 1. The van der Waals surface area contributed by atoms with Crippen LogP contribution in [-0.4, -0.2) is 17.0 Å². The molecule has 1 aromatic carbocycles. The van der Waals surface area contributed by atoms with Crippen molar-refractivity contribution < 1.29 is 10.0 Å². The fraction of sp³-hybridized carbons (Fsp3) is 0.467. The van der Waals surface area contributed by atoms with Gasteiger partial charge >= 0.3 is 0 Å². The molecular weight excluding hydrogens is 290 g/mol. The van der Waals surface area contributed by atoms with Gasteiger partial charge in [-0.3, -0.25) is 4.79 Å². The van der Waals surface area contributed by atoms with Gasteiger partial charge in [-0.05, 0) is 29.5 Å². The Kier molecular flexibility index (Phi) is 5.61. The van der Waals surface area contributed by atoms with Gasteiger partial charge in [-0.15, -0.1) is 0 Å². The smallest absolute Gasteiger partial charge is 0.224 e. The number of anilines is 1. The van der Waals surface area contributed by atoms with E-state index in [1.54, 1.807) is 18.2 Å². The van der Waals surface area contributed by atoms with Gasteiger partial charge in [0.25, 0.3) is 0 Å². The van der Waals surface area contributed by atoms with Crippen LogP contribution in [0.1, 0.15) is 39.7 Å². The monoisotopic (exact) mass is 311 g/mol. The van der Waals surface area contributed by atoms with Crippen molar-refractivity contribution in [3.8, 4) is 0 Å². The van der Waals surface area contributed by atoms with Crippen LogP contribution < -0.4 is 11.1 Å². The first kappa shape index (κ1) is 17.3. The minimum absolute atomic E-state index is 0.0418. The van der Waals surface area contributed by atoms with Crippen LogP contribution in [0.25, 0.3) is 0 Å². The lowest BCUT2D eigenvalue weighted by Gasteiger charge is -2.26. The number of carbonyl (C=O) groups excluding carboxylic acids is 1. The normalized spacial score (nSPS) is 13.9. The second kappa shape index (κ2) is 6.80. The van der Waals surface area contributed by atoms with Crippen molar-refractivity contribution in [3.05, 3.63) is 28.8 Å². The van der Waals surface area contributed by atoms with Crippen molar-refractivity contribution in [3.63, 3.8) is 0 Å². The fourth-order valence-corrected chi connectivity index (χ4v) is 1.85. The number of oxime groups is 1. The molecule has 0 aromatic heterocycles. The molecule has 1 unspecified atom stereocenters. The molecule has 21 heavy (non-hydrogen) atoms. The van der Waals surface area contributed by atoms with Gasteiger partial charge in [0.1, 0.15) is 0 Å². The maximum absolute atomic E-state index is 12.1. The molecule has 1 rings (SSSR count). The van der Waals surface area contributed by atoms with Crippen LogP contribution in [0.5, 0.6) is 0 Å². The molecule has 0 aliphatic heterocycles. The Bertz CT molecular complexity index is 550. The first-order valence-corrected chi connectivity index (χ1v) is 7.10.